The van der Waals surface area contributed by atoms with Gasteiger partial charge in [0.25, 0.3) is 5.91 Å². The number of nitrogen functional groups attached to an aromatic ring is 1. The van der Waals surface area contributed by atoms with Crippen molar-refractivity contribution in [1.82, 2.24) is 20.4 Å². The summed E-state index contributed by atoms with van der Waals surface area (Å²) in [5, 5.41) is 12.1. The summed E-state index contributed by atoms with van der Waals surface area (Å²) >= 11 is 0. The minimum atomic E-state index is -0.370. The van der Waals surface area contributed by atoms with E-state index in [1.807, 2.05) is 6.92 Å². The Morgan fingerprint density at radius 3 is 2.94 bits per heavy atom. The Bertz CT molecular complexity index is 507. The number of hydrogen-bond acceptors (Lipinski definition) is 5. The highest BCUT2D eigenvalue weighted by Gasteiger charge is 2.09. The molecule has 2 aromatic rings. The summed E-state index contributed by atoms with van der Waals surface area (Å²) in [4.78, 5) is 15.5. The topological polar surface area (TPSA) is 110 Å². The van der Waals surface area contributed by atoms with Gasteiger partial charge in [-0.05, 0) is 18.6 Å². The molecule has 7 heteroatoms. The molecule has 16 heavy (non-hydrogen) atoms. The minimum Gasteiger partial charge on any atom is -0.397 e. The highest BCUT2D eigenvalue weighted by atomic mass is 16.2. The molecule has 82 valence electrons. The number of aryl methyl sites for hydroxylation is 1. The molecular weight excluding hydrogens is 208 g/mol. The first-order valence-electron chi connectivity index (χ1n) is 4.56. The van der Waals surface area contributed by atoms with Gasteiger partial charge < -0.3 is 11.1 Å². The van der Waals surface area contributed by atoms with Crippen LogP contribution in [-0.2, 0) is 0 Å². The molecule has 0 aliphatic rings. The predicted molar refractivity (Wildman–Crippen MR) is 57.7 cm³/mol. The van der Waals surface area contributed by atoms with Crippen LogP contribution in [0.25, 0.3) is 0 Å². The maximum absolute atomic E-state index is 11.6. The van der Waals surface area contributed by atoms with E-state index in [1.165, 1.54) is 12.4 Å². The van der Waals surface area contributed by atoms with Crippen molar-refractivity contribution in [2.24, 2.45) is 0 Å². The molecule has 7 nitrogen and oxygen atoms in total. The first-order chi connectivity index (χ1) is 7.66. The van der Waals surface area contributed by atoms with E-state index in [0.717, 1.165) is 5.56 Å². The first-order valence-corrected chi connectivity index (χ1v) is 4.56. The molecule has 0 saturated heterocycles. The van der Waals surface area contributed by atoms with Crippen molar-refractivity contribution in [3.8, 4) is 0 Å². The van der Waals surface area contributed by atoms with Crippen LogP contribution in [-0.4, -0.2) is 26.3 Å². The molecule has 0 bridgehead atoms. The summed E-state index contributed by atoms with van der Waals surface area (Å²) in [6, 6.07) is 1.69. The fourth-order valence-corrected chi connectivity index (χ4v) is 1.13. The molecule has 2 heterocycles. The summed E-state index contributed by atoms with van der Waals surface area (Å²) in [5.41, 5.74) is 7.25. The van der Waals surface area contributed by atoms with Crippen LogP contribution in [0.15, 0.2) is 18.5 Å². The normalized spacial score (nSPS) is 10.1. The number of rotatable bonds is 2. The second-order valence-electron chi connectivity index (χ2n) is 3.24. The van der Waals surface area contributed by atoms with Crippen molar-refractivity contribution in [1.29, 1.82) is 0 Å². The molecule has 0 aromatic carbocycles. The van der Waals surface area contributed by atoms with E-state index < -0.39 is 0 Å². The van der Waals surface area contributed by atoms with Gasteiger partial charge >= 0.3 is 0 Å². The van der Waals surface area contributed by atoms with Crippen LogP contribution in [0.4, 0.5) is 11.5 Å². The number of aromatic nitrogens is 4. The molecule has 2 rings (SSSR count). The number of H-pyrrole nitrogens is 1. The quantitative estimate of drug-likeness (QED) is 0.673. The number of pyridine rings is 1. The van der Waals surface area contributed by atoms with Gasteiger partial charge in [-0.1, -0.05) is 0 Å². The maximum Gasteiger partial charge on any atom is 0.278 e. The van der Waals surface area contributed by atoms with Crippen molar-refractivity contribution < 1.29 is 4.79 Å². The van der Waals surface area contributed by atoms with E-state index in [0.29, 0.717) is 11.5 Å². The monoisotopic (exact) mass is 218 g/mol. The van der Waals surface area contributed by atoms with Gasteiger partial charge in [0.1, 0.15) is 5.82 Å². The van der Waals surface area contributed by atoms with Crippen LogP contribution < -0.4 is 11.1 Å². The highest BCUT2D eigenvalue weighted by Crippen LogP contribution is 2.13. The van der Waals surface area contributed by atoms with Gasteiger partial charge in [0.05, 0.1) is 18.1 Å². The summed E-state index contributed by atoms with van der Waals surface area (Å²) in [6.45, 7) is 1.84. The van der Waals surface area contributed by atoms with Crippen molar-refractivity contribution in [3.63, 3.8) is 0 Å². The standard InChI is InChI=1S/C9H10N6O/c1-5-2-8(11-3-6(5)10)13-9(16)7-4-12-15-14-7/h2-4H,10H2,1H3,(H,11,13,16)(H,12,14,15). The summed E-state index contributed by atoms with van der Waals surface area (Å²) in [7, 11) is 0. The van der Waals surface area contributed by atoms with Gasteiger partial charge in [-0.3, -0.25) is 4.79 Å². The lowest BCUT2D eigenvalue weighted by Gasteiger charge is -2.04. The van der Waals surface area contributed by atoms with Gasteiger partial charge in [0.2, 0.25) is 0 Å². The number of nitrogens with two attached hydrogens (primary N) is 1. The summed E-state index contributed by atoms with van der Waals surface area (Å²) in [6.07, 6.45) is 2.83. The van der Waals surface area contributed by atoms with E-state index in [9.17, 15) is 4.79 Å². The zero-order chi connectivity index (χ0) is 11.5. The fraction of sp³-hybridized carbons (Fsp3) is 0.111. The molecule has 0 aliphatic heterocycles. The van der Waals surface area contributed by atoms with Gasteiger partial charge in [0.15, 0.2) is 5.69 Å². The molecule has 0 saturated carbocycles. The SMILES string of the molecule is Cc1cc(NC(=O)c2cn[nH]n2)ncc1N. The van der Waals surface area contributed by atoms with Crippen LogP contribution >= 0.6 is 0 Å². The average Bonchev–Trinajstić information content (AvgIpc) is 2.77. The van der Waals surface area contributed by atoms with Gasteiger partial charge in [-0.25, -0.2) is 4.98 Å². The number of carbonyl (C=O) groups excluding carboxylic acids is 1. The Balaban J connectivity index is 2.15. The lowest BCUT2D eigenvalue weighted by atomic mass is 10.2. The molecule has 2 aromatic heterocycles. The third kappa shape index (κ3) is 1.97. The fourth-order valence-electron chi connectivity index (χ4n) is 1.13. The van der Waals surface area contributed by atoms with Gasteiger partial charge in [-0.2, -0.15) is 15.4 Å². The molecule has 0 radical (unpaired) electrons. The van der Waals surface area contributed by atoms with Crippen LogP contribution in [0.5, 0.6) is 0 Å². The van der Waals surface area contributed by atoms with E-state index >= 15 is 0 Å². The molecule has 0 atom stereocenters. The Hall–Kier alpha value is -2.44. The van der Waals surface area contributed by atoms with Crippen molar-refractivity contribution in [2.75, 3.05) is 11.1 Å². The number of hydrogen-bond donors (Lipinski definition) is 3. The minimum absolute atomic E-state index is 0.205. The number of nitrogens with one attached hydrogen (secondary N) is 2. The molecule has 1 amide bonds. The number of nitrogens with zero attached hydrogens (tertiary/aromatic N) is 3. The van der Waals surface area contributed by atoms with E-state index in [1.54, 1.807) is 6.07 Å². The van der Waals surface area contributed by atoms with Crippen molar-refractivity contribution in [3.05, 3.63) is 29.7 Å². The maximum atomic E-state index is 11.6. The zero-order valence-electron chi connectivity index (χ0n) is 8.56. The molecule has 0 spiro atoms. The van der Waals surface area contributed by atoms with Crippen LogP contribution in [0.1, 0.15) is 16.1 Å². The number of carbonyl (C=O) groups is 1. The van der Waals surface area contributed by atoms with Crippen LogP contribution in [0.2, 0.25) is 0 Å². The third-order valence-electron chi connectivity index (χ3n) is 2.04. The zero-order valence-corrected chi connectivity index (χ0v) is 8.56. The number of anilines is 2. The van der Waals surface area contributed by atoms with Gasteiger partial charge in [0, 0.05) is 0 Å². The Morgan fingerprint density at radius 1 is 1.50 bits per heavy atom. The summed E-state index contributed by atoms with van der Waals surface area (Å²) in [5.74, 6) is 0.0603. The van der Waals surface area contributed by atoms with Crippen molar-refractivity contribution >= 4 is 17.4 Å². The second kappa shape index (κ2) is 3.97. The molecule has 0 aliphatic carbocycles. The van der Waals surface area contributed by atoms with Gasteiger partial charge in [-0.15, -0.1) is 0 Å². The lowest BCUT2D eigenvalue weighted by molar-refractivity contribution is 0.102. The molecular formula is C9H10N6O. The average molecular weight is 218 g/mol. The van der Waals surface area contributed by atoms with Crippen LogP contribution in [0, 0.1) is 6.92 Å². The van der Waals surface area contributed by atoms with E-state index in [4.69, 9.17) is 5.73 Å². The number of aromatic amines is 1. The Morgan fingerprint density at radius 2 is 2.31 bits per heavy atom. The van der Waals surface area contributed by atoms with E-state index in [-0.39, 0.29) is 11.6 Å². The van der Waals surface area contributed by atoms with Crippen LogP contribution in [0.3, 0.4) is 0 Å². The first kappa shape index (κ1) is 10.1. The second-order valence-corrected chi connectivity index (χ2v) is 3.24. The van der Waals surface area contributed by atoms with E-state index in [2.05, 4.69) is 25.7 Å². The third-order valence-corrected chi connectivity index (χ3v) is 2.04. The Kier molecular flexibility index (Phi) is 2.50. The molecule has 0 unspecified atom stereocenters. The molecule has 0 fully saturated rings. The smallest absolute Gasteiger partial charge is 0.278 e. The predicted octanol–water partition coefficient (Wildman–Crippen LogP) is 0.343. The lowest BCUT2D eigenvalue weighted by Crippen LogP contribution is -2.13. The Labute approximate surface area is 91.1 Å². The largest absolute Gasteiger partial charge is 0.397 e. The molecule has 4 N–H and O–H groups in total. The highest BCUT2D eigenvalue weighted by molar-refractivity contribution is 6.02. The van der Waals surface area contributed by atoms with Crippen molar-refractivity contribution in [2.45, 2.75) is 6.92 Å². The number of amides is 1. The summed E-state index contributed by atoms with van der Waals surface area (Å²) < 4.78 is 0.